The number of carbonyl (C=O) groups excluding carboxylic acids is 1. The Bertz CT molecular complexity index is 1130. The number of rotatable bonds is 3. The first-order chi connectivity index (χ1) is 12.3. The lowest BCUT2D eigenvalue weighted by atomic mass is 10.1. The van der Waals surface area contributed by atoms with Gasteiger partial charge in [-0.15, -0.1) is 0 Å². The van der Waals surface area contributed by atoms with Gasteiger partial charge in [0, 0.05) is 17.0 Å². The van der Waals surface area contributed by atoms with Gasteiger partial charge in [-0.2, -0.15) is 5.26 Å². The first kappa shape index (κ1) is 17.5. The molecule has 0 aliphatic carbocycles. The Morgan fingerprint density at radius 3 is 2.65 bits per heavy atom. The van der Waals surface area contributed by atoms with E-state index in [-0.39, 0.29) is 18.0 Å². The number of pyridine rings is 1. The number of nitrogens with zero attached hydrogens (tertiary/aromatic N) is 2. The molecule has 26 heavy (non-hydrogen) atoms. The van der Waals surface area contributed by atoms with Gasteiger partial charge in [-0.1, -0.05) is 18.2 Å². The molecule has 2 aromatic heterocycles. The van der Waals surface area contributed by atoms with Crippen LogP contribution in [0.3, 0.4) is 0 Å². The van der Waals surface area contributed by atoms with E-state index in [1.165, 1.54) is 10.6 Å². The van der Waals surface area contributed by atoms with Crippen LogP contribution in [-0.4, -0.2) is 10.5 Å². The number of aromatic nitrogens is 1. The number of amides is 1. The van der Waals surface area contributed by atoms with E-state index in [4.69, 9.17) is 4.42 Å². The van der Waals surface area contributed by atoms with Crippen molar-refractivity contribution in [3.63, 3.8) is 0 Å². The molecule has 0 aliphatic rings. The molecule has 0 spiro atoms. The Hall–Kier alpha value is -3.33. The number of aryl methyl sites for hydroxylation is 3. The molecule has 6 nitrogen and oxygen atoms in total. The smallest absolute Gasteiger partial charge is 0.251 e. The molecule has 0 saturated carbocycles. The van der Waals surface area contributed by atoms with Crippen LogP contribution in [0.5, 0.6) is 0 Å². The predicted molar refractivity (Wildman–Crippen MR) is 99.2 cm³/mol. The molecule has 1 N–H and O–H groups in total. The molecular weight excluding hydrogens is 330 g/mol. The van der Waals surface area contributed by atoms with E-state index >= 15 is 0 Å². The van der Waals surface area contributed by atoms with E-state index < -0.39 is 5.91 Å². The Balaban J connectivity index is 2.00. The zero-order valence-electron chi connectivity index (χ0n) is 15.1. The Morgan fingerprint density at radius 1 is 1.23 bits per heavy atom. The van der Waals surface area contributed by atoms with Crippen molar-refractivity contribution >= 4 is 22.7 Å². The first-order valence-electron chi connectivity index (χ1n) is 8.23. The fraction of sp³-hybridized carbons (Fsp3) is 0.250. The summed E-state index contributed by atoms with van der Waals surface area (Å²) in [7, 11) is 0. The highest BCUT2D eigenvalue weighted by molar-refractivity contribution is 5.92. The molecule has 1 aromatic carbocycles. The van der Waals surface area contributed by atoms with Gasteiger partial charge >= 0.3 is 0 Å². The molecule has 1 amide bonds. The first-order valence-corrected chi connectivity index (χ1v) is 8.23. The highest BCUT2D eigenvalue weighted by Gasteiger charge is 2.18. The van der Waals surface area contributed by atoms with Gasteiger partial charge in [0.15, 0.2) is 0 Å². The van der Waals surface area contributed by atoms with Crippen molar-refractivity contribution in [1.29, 1.82) is 5.26 Å². The van der Waals surface area contributed by atoms with Crippen LogP contribution < -0.4 is 10.9 Å². The Kier molecular flexibility index (Phi) is 4.39. The quantitative estimate of drug-likeness (QED) is 0.785. The van der Waals surface area contributed by atoms with E-state index in [1.807, 2.05) is 38.1 Å². The summed E-state index contributed by atoms with van der Waals surface area (Å²) in [5.74, 6) is 0.269. The monoisotopic (exact) mass is 349 g/mol. The van der Waals surface area contributed by atoms with Crippen molar-refractivity contribution in [2.45, 2.75) is 34.2 Å². The SMILES string of the molecule is Cc1oc(NC(=O)Cn2c(=O)cc(C)c3cccc(C)c32)c(C#N)c1C. The lowest BCUT2D eigenvalue weighted by molar-refractivity contribution is -0.116. The molecule has 132 valence electrons. The third kappa shape index (κ3) is 2.88. The zero-order valence-corrected chi connectivity index (χ0v) is 15.1. The molecule has 0 saturated heterocycles. The Morgan fingerprint density at radius 2 is 1.96 bits per heavy atom. The average Bonchev–Trinajstić information content (AvgIpc) is 2.85. The number of fused-ring (bicyclic) bond motifs is 1. The van der Waals surface area contributed by atoms with Crippen molar-refractivity contribution in [2.24, 2.45) is 0 Å². The summed E-state index contributed by atoms with van der Waals surface area (Å²) in [5, 5.41) is 12.8. The number of anilines is 1. The topological polar surface area (TPSA) is 88.0 Å². The molecule has 0 radical (unpaired) electrons. The van der Waals surface area contributed by atoms with Crippen molar-refractivity contribution in [3.05, 3.63) is 62.6 Å². The number of furan rings is 1. The van der Waals surface area contributed by atoms with Crippen molar-refractivity contribution in [2.75, 3.05) is 5.32 Å². The summed E-state index contributed by atoms with van der Waals surface area (Å²) in [6.45, 7) is 7.11. The molecule has 3 rings (SSSR count). The van der Waals surface area contributed by atoms with Gasteiger partial charge in [0.05, 0.1) is 5.52 Å². The summed E-state index contributed by atoms with van der Waals surface area (Å²) in [6, 6.07) is 9.32. The summed E-state index contributed by atoms with van der Waals surface area (Å²) in [4.78, 5) is 25.0. The average molecular weight is 349 g/mol. The van der Waals surface area contributed by atoms with E-state index in [1.54, 1.807) is 13.8 Å². The second kappa shape index (κ2) is 6.52. The maximum absolute atomic E-state index is 12.5. The predicted octanol–water partition coefficient (Wildman–Crippen LogP) is 3.34. The third-order valence-electron chi connectivity index (χ3n) is 4.59. The molecule has 0 unspecified atom stereocenters. The van der Waals surface area contributed by atoms with Crippen LogP contribution in [-0.2, 0) is 11.3 Å². The van der Waals surface area contributed by atoms with Crippen LogP contribution in [0.25, 0.3) is 10.9 Å². The summed E-state index contributed by atoms with van der Waals surface area (Å²) >= 11 is 0. The molecular formula is C20H19N3O3. The van der Waals surface area contributed by atoms with Crippen LogP contribution in [0.15, 0.2) is 33.5 Å². The maximum atomic E-state index is 12.5. The minimum Gasteiger partial charge on any atom is -0.444 e. The van der Waals surface area contributed by atoms with Crippen LogP contribution in [0.2, 0.25) is 0 Å². The number of nitriles is 1. The summed E-state index contributed by atoms with van der Waals surface area (Å²) < 4.78 is 6.91. The number of para-hydroxylation sites is 1. The minimum absolute atomic E-state index is 0.119. The molecule has 0 bridgehead atoms. The molecule has 3 aromatic rings. The Labute approximate surface area is 150 Å². The third-order valence-corrected chi connectivity index (χ3v) is 4.59. The number of hydrogen-bond acceptors (Lipinski definition) is 4. The van der Waals surface area contributed by atoms with E-state index in [2.05, 4.69) is 5.32 Å². The van der Waals surface area contributed by atoms with Gasteiger partial charge in [-0.25, -0.2) is 0 Å². The van der Waals surface area contributed by atoms with Crippen LogP contribution in [0.4, 0.5) is 5.88 Å². The molecule has 2 heterocycles. The summed E-state index contributed by atoms with van der Waals surface area (Å²) in [6.07, 6.45) is 0. The van der Waals surface area contributed by atoms with Crippen LogP contribution >= 0.6 is 0 Å². The molecule has 6 heteroatoms. The van der Waals surface area contributed by atoms with Gasteiger partial charge in [-0.3, -0.25) is 19.5 Å². The number of benzene rings is 1. The van der Waals surface area contributed by atoms with Crippen molar-refractivity contribution < 1.29 is 9.21 Å². The van der Waals surface area contributed by atoms with Crippen LogP contribution in [0, 0.1) is 39.0 Å². The fourth-order valence-electron chi connectivity index (χ4n) is 3.10. The van der Waals surface area contributed by atoms with Gasteiger partial charge in [0.25, 0.3) is 5.56 Å². The van der Waals surface area contributed by atoms with Crippen molar-refractivity contribution in [1.82, 2.24) is 4.57 Å². The molecule has 0 fully saturated rings. The van der Waals surface area contributed by atoms with Gasteiger partial charge in [0.1, 0.15) is 23.9 Å². The van der Waals surface area contributed by atoms with Gasteiger partial charge in [0.2, 0.25) is 11.8 Å². The number of nitrogens with one attached hydrogen (secondary N) is 1. The lowest BCUT2D eigenvalue weighted by Crippen LogP contribution is -2.28. The summed E-state index contributed by atoms with van der Waals surface area (Å²) in [5.41, 5.74) is 3.27. The number of carbonyl (C=O) groups is 1. The minimum atomic E-state index is -0.425. The lowest BCUT2D eigenvalue weighted by Gasteiger charge is -2.13. The molecule has 0 atom stereocenters. The van der Waals surface area contributed by atoms with E-state index in [9.17, 15) is 14.9 Å². The zero-order chi connectivity index (χ0) is 19.0. The molecule has 0 aliphatic heterocycles. The van der Waals surface area contributed by atoms with Gasteiger partial charge < -0.3 is 4.42 Å². The maximum Gasteiger partial charge on any atom is 0.251 e. The second-order valence-electron chi connectivity index (χ2n) is 6.37. The standard InChI is InChI=1S/C20H19N3O3/c1-11-6-5-7-15-12(2)8-18(25)23(19(11)15)10-17(24)22-20-16(9-21)13(3)14(4)26-20/h5-8H,10H2,1-4H3,(H,22,24). The fourth-order valence-corrected chi connectivity index (χ4v) is 3.10. The highest BCUT2D eigenvalue weighted by atomic mass is 16.4. The number of hydrogen-bond donors (Lipinski definition) is 1. The largest absolute Gasteiger partial charge is 0.444 e. The van der Waals surface area contributed by atoms with E-state index in [0.717, 1.165) is 22.0 Å². The normalized spacial score (nSPS) is 10.7. The van der Waals surface area contributed by atoms with E-state index in [0.29, 0.717) is 16.9 Å². The van der Waals surface area contributed by atoms with Gasteiger partial charge in [-0.05, 0) is 38.8 Å². The second-order valence-corrected chi connectivity index (χ2v) is 6.37. The van der Waals surface area contributed by atoms with Crippen molar-refractivity contribution in [3.8, 4) is 6.07 Å². The van der Waals surface area contributed by atoms with Crippen LogP contribution in [0.1, 0.15) is 28.0 Å². The highest BCUT2D eigenvalue weighted by Crippen LogP contribution is 2.25.